The number of thiophene rings is 1. The number of rotatable bonds is 5. The van der Waals surface area contributed by atoms with Gasteiger partial charge in [-0.05, 0) is 52.7 Å². The van der Waals surface area contributed by atoms with E-state index in [1.807, 2.05) is 19.1 Å². The molecule has 0 saturated heterocycles. The van der Waals surface area contributed by atoms with Crippen molar-refractivity contribution in [2.45, 2.75) is 19.4 Å². The van der Waals surface area contributed by atoms with E-state index < -0.39 is 11.6 Å². The fourth-order valence-electron chi connectivity index (χ4n) is 1.96. The highest BCUT2D eigenvalue weighted by Gasteiger charge is 2.17. The maximum absolute atomic E-state index is 13.7. The van der Waals surface area contributed by atoms with Crippen LogP contribution in [0.15, 0.2) is 34.1 Å². The number of hydrogen-bond acceptors (Lipinski definition) is 2. The van der Waals surface area contributed by atoms with Crippen molar-refractivity contribution in [3.8, 4) is 0 Å². The Bertz CT molecular complexity index is 556. The molecule has 19 heavy (non-hydrogen) atoms. The lowest BCUT2D eigenvalue weighted by molar-refractivity contribution is 0.483. The third-order valence-electron chi connectivity index (χ3n) is 2.84. The Balaban J connectivity index is 2.23. The third-order valence-corrected chi connectivity index (χ3v) is 4.58. The zero-order chi connectivity index (χ0) is 13.8. The fourth-order valence-corrected chi connectivity index (χ4v) is 3.46. The molecule has 0 radical (unpaired) electrons. The summed E-state index contributed by atoms with van der Waals surface area (Å²) in [5, 5.41) is 3.31. The topological polar surface area (TPSA) is 12.0 Å². The lowest BCUT2D eigenvalue weighted by Gasteiger charge is -2.17. The third kappa shape index (κ3) is 3.61. The van der Waals surface area contributed by atoms with Crippen LogP contribution >= 0.6 is 27.3 Å². The Morgan fingerprint density at radius 3 is 2.68 bits per heavy atom. The van der Waals surface area contributed by atoms with Crippen LogP contribution in [0, 0.1) is 11.6 Å². The molecule has 0 bridgehead atoms. The average molecular weight is 346 g/mol. The molecule has 0 aliphatic rings. The van der Waals surface area contributed by atoms with Gasteiger partial charge in [0.25, 0.3) is 0 Å². The summed E-state index contributed by atoms with van der Waals surface area (Å²) in [4.78, 5) is 1.11. The molecule has 0 fully saturated rings. The van der Waals surface area contributed by atoms with Crippen LogP contribution in [-0.2, 0) is 6.42 Å². The summed E-state index contributed by atoms with van der Waals surface area (Å²) in [5.74, 6) is -1.54. The van der Waals surface area contributed by atoms with Crippen molar-refractivity contribution >= 4 is 27.3 Å². The molecule has 1 aromatic carbocycles. The number of benzene rings is 1. The second-order valence-corrected chi connectivity index (χ2v) is 6.66. The van der Waals surface area contributed by atoms with Gasteiger partial charge in [-0.25, -0.2) is 8.78 Å². The van der Waals surface area contributed by atoms with Crippen molar-refractivity contribution in [1.82, 2.24) is 5.32 Å². The van der Waals surface area contributed by atoms with Crippen LogP contribution < -0.4 is 5.32 Å². The van der Waals surface area contributed by atoms with E-state index in [0.717, 1.165) is 21.3 Å². The molecule has 1 aromatic heterocycles. The first-order valence-electron chi connectivity index (χ1n) is 6.03. The Kier molecular flexibility index (Phi) is 5.07. The minimum absolute atomic E-state index is 0.00222. The minimum atomic E-state index is -0.792. The Labute approximate surface area is 123 Å². The normalized spacial score (nSPS) is 12.6. The molecular weight excluding hydrogens is 332 g/mol. The van der Waals surface area contributed by atoms with Crippen molar-refractivity contribution in [3.63, 3.8) is 0 Å². The van der Waals surface area contributed by atoms with E-state index in [-0.39, 0.29) is 6.04 Å². The van der Waals surface area contributed by atoms with Gasteiger partial charge >= 0.3 is 0 Å². The Hall–Kier alpha value is -0.780. The van der Waals surface area contributed by atoms with Gasteiger partial charge in [0.1, 0.15) is 0 Å². The van der Waals surface area contributed by atoms with Crippen molar-refractivity contribution < 1.29 is 8.78 Å². The molecule has 5 heteroatoms. The van der Waals surface area contributed by atoms with E-state index in [0.29, 0.717) is 12.0 Å². The summed E-state index contributed by atoms with van der Waals surface area (Å²) in [5.41, 5.74) is 0.399. The van der Waals surface area contributed by atoms with Gasteiger partial charge in [-0.2, -0.15) is 0 Å². The maximum atomic E-state index is 13.7. The van der Waals surface area contributed by atoms with E-state index in [1.54, 1.807) is 23.5 Å². The fraction of sp³-hybridized carbons (Fsp3) is 0.286. The molecule has 2 rings (SSSR count). The summed E-state index contributed by atoms with van der Waals surface area (Å²) >= 11 is 5.02. The number of hydrogen-bond donors (Lipinski definition) is 1. The van der Waals surface area contributed by atoms with Crippen LogP contribution in [-0.4, -0.2) is 6.54 Å². The van der Waals surface area contributed by atoms with Gasteiger partial charge in [0.15, 0.2) is 11.6 Å². The molecule has 1 unspecified atom stereocenters. The van der Waals surface area contributed by atoms with Gasteiger partial charge in [-0.3, -0.25) is 0 Å². The predicted molar refractivity (Wildman–Crippen MR) is 78.5 cm³/mol. The molecular formula is C14H14BrF2NS. The van der Waals surface area contributed by atoms with E-state index in [4.69, 9.17) is 0 Å². The first kappa shape index (κ1) is 14.6. The second-order valence-electron chi connectivity index (χ2n) is 4.17. The van der Waals surface area contributed by atoms with Gasteiger partial charge < -0.3 is 5.32 Å². The van der Waals surface area contributed by atoms with E-state index in [9.17, 15) is 8.78 Å². The van der Waals surface area contributed by atoms with Crippen LogP contribution in [0.25, 0.3) is 0 Å². The van der Waals surface area contributed by atoms with E-state index in [2.05, 4.69) is 21.2 Å². The zero-order valence-electron chi connectivity index (χ0n) is 10.4. The van der Waals surface area contributed by atoms with Crippen molar-refractivity contribution in [2.75, 3.05) is 6.54 Å². The number of halogens is 3. The monoisotopic (exact) mass is 345 g/mol. The van der Waals surface area contributed by atoms with Gasteiger partial charge in [0.2, 0.25) is 0 Å². The summed E-state index contributed by atoms with van der Waals surface area (Å²) in [7, 11) is 0. The smallest absolute Gasteiger partial charge is 0.162 e. The first-order valence-corrected chi connectivity index (χ1v) is 7.64. The predicted octanol–water partition coefficient (Wildman–Crippen LogP) is 4.68. The second kappa shape index (κ2) is 6.59. The molecule has 0 aliphatic carbocycles. The van der Waals surface area contributed by atoms with Gasteiger partial charge in [-0.1, -0.05) is 19.1 Å². The van der Waals surface area contributed by atoms with Crippen LogP contribution in [0.4, 0.5) is 8.78 Å². The molecule has 2 aromatic rings. The van der Waals surface area contributed by atoms with Crippen LogP contribution in [0.5, 0.6) is 0 Å². The van der Waals surface area contributed by atoms with Crippen LogP contribution in [0.1, 0.15) is 23.4 Å². The number of likely N-dealkylation sites (N-methyl/N-ethyl adjacent to an activating group) is 1. The lowest BCUT2D eigenvalue weighted by atomic mass is 10.0. The van der Waals surface area contributed by atoms with Gasteiger partial charge in [-0.15, -0.1) is 11.3 Å². The zero-order valence-corrected chi connectivity index (χ0v) is 12.8. The minimum Gasteiger partial charge on any atom is -0.309 e. The molecule has 1 N–H and O–H groups in total. The van der Waals surface area contributed by atoms with Crippen LogP contribution in [0.2, 0.25) is 0 Å². The molecule has 0 spiro atoms. The molecule has 1 heterocycles. The molecule has 1 atom stereocenters. The van der Waals surface area contributed by atoms with Crippen LogP contribution in [0.3, 0.4) is 0 Å². The quantitative estimate of drug-likeness (QED) is 0.829. The van der Waals surface area contributed by atoms with Crippen molar-refractivity contribution in [3.05, 3.63) is 56.2 Å². The highest BCUT2D eigenvalue weighted by Crippen LogP contribution is 2.30. The van der Waals surface area contributed by atoms with E-state index >= 15 is 0 Å². The first-order chi connectivity index (χ1) is 9.11. The molecule has 1 nitrogen and oxygen atoms in total. The summed E-state index contributed by atoms with van der Waals surface area (Å²) in [6, 6.07) is 8.28. The highest BCUT2D eigenvalue weighted by atomic mass is 79.9. The van der Waals surface area contributed by atoms with Crippen molar-refractivity contribution in [2.24, 2.45) is 0 Å². The molecule has 102 valence electrons. The van der Waals surface area contributed by atoms with Crippen molar-refractivity contribution in [1.29, 1.82) is 0 Å². The molecule has 0 aliphatic heterocycles. The lowest BCUT2D eigenvalue weighted by Crippen LogP contribution is -2.22. The Morgan fingerprint density at radius 2 is 2.05 bits per heavy atom. The molecule has 0 saturated carbocycles. The average Bonchev–Trinajstić information content (AvgIpc) is 2.81. The number of nitrogens with one attached hydrogen (secondary N) is 1. The van der Waals surface area contributed by atoms with E-state index in [1.165, 1.54) is 0 Å². The SMILES string of the molecule is CCNC(Cc1cccc(F)c1F)c1ccc(Br)s1. The summed E-state index contributed by atoms with van der Waals surface area (Å²) < 4.78 is 28.0. The van der Waals surface area contributed by atoms with Gasteiger partial charge in [0, 0.05) is 10.9 Å². The Morgan fingerprint density at radius 1 is 1.26 bits per heavy atom. The standard InChI is InChI=1S/C14H14BrF2NS/c1-2-18-11(12-6-7-13(15)19-12)8-9-4-3-5-10(16)14(9)17/h3-7,11,18H,2,8H2,1H3. The molecule has 0 amide bonds. The maximum Gasteiger partial charge on any atom is 0.162 e. The summed E-state index contributed by atoms with van der Waals surface area (Å²) in [6.45, 7) is 2.77. The summed E-state index contributed by atoms with van der Waals surface area (Å²) in [6.07, 6.45) is 0.435. The van der Waals surface area contributed by atoms with Gasteiger partial charge in [0.05, 0.1) is 3.79 Å². The largest absolute Gasteiger partial charge is 0.309 e. The highest BCUT2D eigenvalue weighted by molar-refractivity contribution is 9.11.